The van der Waals surface area contributed by atoms with Crippen molar-refractivity contribution in [3.63, 3.8) is 0 Å². The van der Waals surface area contributed by atoms with Crippen LogP contribution < -0.4 is 0 Å². The van der Waals surface area contributed by atoms with Gasteiger partial charge in [0.05, 0.1) is 6.61 Å². The van der Waals surface area contributed by atoms with Gasteiger partial charge in [0.1, 0.15) is 0 Å². The van der Waals surface area contributed by atoms with E-state index in [4.69, 9.17) is 0 Å². The largest absolute Gasteiger partial charge is 0.396 e. The van der Waals surface area contributed by atoms with Crippen LogP contribution in [0.5, 0.6) is 0 Å². The lowest BCUT2D eigenvalue weighted by Crippen LogP contribution is -2.42. The van der Waals surface area contributed by atoms with Crippen molar-refractivity contribution in [2.24, 2.45) is 5.41 Å². The highest BCUT2D eigenvalue weighted by Gasteiger charge is 2.55. The van der Waals surface area contributed by atoms with E-state index in [0.717, 1.165) is 37.7 Å². The maximum Gasteiger partial charge on any atom is 0.223 e. The Kier molecular flexibility index (Phi) is 3.98. The van der Waals surface area contributed by atoms with E-state index in [1.807, 2.05) is 12.1 Å². The number of amides is 1. The van der Waals surface area contributed by atoms with Crippen LogP contribution in [-0.4, -0.2) is 39.6 Å². The summed E-state index contributed by atoms with van der Waals surface area (Å²) in [5.41, 5.74) is 1.11. The molecule has 4 heteroatoms. The summed E-state index contributed by atoms with van der Waals surface area (Å²) in [4.78, 5) is 18.7. The molecule has 1 aromatic heterocycles. The maximum atomic E-state index is 12.6. The van der Waals surface area contributed by atoms with Gasteiger partial charge in [-0.2, -0.15) is 0 Å². The van der Waals surface area contributed by atoms with Crippen molar-refractivity contribution in [2.75, 3.05) is 6.61 Å². The van der Waals surface area contributed by atoms with Gasteiger partial charge in [0.15, 0.2) is 0 Å². The predicted octanol–water partition coefficient (Wildman–Crippen LogP) is 2.17. The molecule has 2 bridgehead atoms. The zero-order valence-electron chi connectivity index (χ0n) is 12.7. The van der Waals surface area contributed by atoms with Crippen LogP contribution in [-0.2, 0) is 11.2 Å². The van der Waals surface area contributed by atoms with Gasteiger partial charge in [-0.05, 0) is 49.8 Å². The summed E-state index contributed by atoms with van der Waals surface area (Å²) >= 11 is 0. The minimum atomic E-state index is -0.0464. The second-order valence-corrected chi connectivity index (χ2v) is 6.48. The molecule has 1 N–H and O–H groups in total. The number of carbonyl (C=O) groups is 1. The van der Waals surface area contributed by atoms with Crippen LogP contribution in [0.1, 0.15) is 44.6 Å². The van der Waals surface area contributed by atoms with Crippen molar-refractivity contribution in [3.8, 4) is 0 Å². The van der Waals surface area contributed by atoms with Crippen molar-refractivity contribution >= 4 is 5.91 Å². The monoisotopic (exact) mass is 288 g/mol. The van der Waals surface area contributed by atoms with Crippen LogP contribution in [0.25, 0.3) is 0 Å². The highest BCUT2D eigenvalue weighted by atomic mass is 16.3. The molecule has 3 atom stereocenters. The molecule has 2 aliphatic heterocycles. The molecular formula is C17H24N2O2. The van der Waals surface area contributed by atoms with E-state index in [1.165, 1.54) is 0 Å². The fourth-order valence-electron chi connectivity index (χ4n) is 4.26. The fourth-order valence-corrected chi connectivity index (χ4v) is 4.26. The van der Waals surface area contributed by atoms with Gasteiger partial charge in [-0.15, -0.1) is 0 Å². The average Bonchev–Trinajstić information content (AvgIpc) is 3.09. The number of nitrogens with zero attached hydrogens (tertiary/aromatic N) is 2. The first-order valence-electron chi connectivity index (χ1n) is 8.01. The minimum Gasteiger partial charge on any atom is -0.396 e. The van der Waals surface area contributed by atoms with Gasteiger partial charge >= 0.3 is 0 Å². The van der Waals surface area contributed by atoms with Gasteiger partial charge in [-0.3, -0.25) is 9.78 Å². The van der Waals surface area contributed by atoms with Crippen molar-refractivity contribution in [2.45, 2.75) is 57.5 Å². The molecule has 2 fully saturated rings. The Hall–Kier alpha value is -1.42. The van der Waals surface area contributed by atoms with E-state index in [0.29, 0.717) is 12.5 Å². The number of aromatic nitrogens is 1. The molecule has 0 aliphatic carbocycles. The number of aryl methyl sites for hydroxylation is 1. The zero-order valence-corrected chi connectivity index (χ0v) is 12.7. The van der Waals surface area contributed by atoms with Gasteiger partial charge in [0, 0.05) is 36.3 Å². The Morgan fingerprint density at radius 3 is 2.81 bits per heavy atom. The average molecular weight is 288 g/mol. The van der Waals surface area contributed by atoms with Crippen molar-refractivity contribution < 1.29 is 9.90 Å². The molecule has 1 amide bonds. The number of hydrogen-bond donors (Lipinski definition) is 1. The summed E-state index contributed by atoms with van der Waals surface area (Å²) in [5, 5.41) is 9.80. The third-order valence-corrected chi connectivity index (χ3v) is 5.54. The van der Waals surface area contributed by atoms with Crippen molar-refractivity contribution in [1.82, 2.24) is 9.88 Å². The standard InChI is InChI=1S/C17H24N2O2/c1-2-17(12-20)11-14-4-5-15(17)19(14)16(21)6-3-13-7-9-18-10-8-13/h7-10,14-15,20H,2-6,11-12H2,1H3/t14-,15+,17-/m0/s1. The molecule has 0 spiro atoms. The Morgan fingerprint density at radius 2 is 2.19 bits per heavy atom. The summed E-state index contributed by atoms with van der Waals surface area (Å²) in [5.74, 6) is 0.253. The first-order valence-corrected chi connectivity index (χ1v) is 8.01. The molecule has 114 valence electrons. The summed E-state index contributed by atoms with van der Waals surface area (Å²) in [6.07, 6.45) is 8.97. The molecule has 0 radical (unpaired) electrons. The third-order valence-electron chi connectivity index (χ3n) is 5.54. The van der Waals surface area contributed by atoms with Gasteiger partial charge in [-0.1, -0.05) is 6.92 Å². The second-order valence-electron chi connectivity index (χ2n) is 6.48. The van der Waals surface area contributed by atoms with Gasteiger partial charge < -0.3 is 10.0 Å². The van der Waals surface area contributed by atoms with Gasteiger partial charge in [-0.25, -0.2) is 0 Å². The van der Waals surface area contributed by atoms with E-state index >= 15 is 0 Å². The van der Waals surface area contributed by atoms with Crippen LogP contribution in [0.15, 0.2) is 24.5 Å². The lowest BCUT2D eigenvalue weighted by molar-refractivity contribution is -0.133. The van der Waals surface area contributed by atoms with Crippen molar-refractivity contribution in [1.29, 1.82) is 0 Å². The molecular weight excluding hydrogens is 264 g/mol. The van der Waals surface area contributed by atoms with Crippen LogP contribution >= 0.6 is 0 Å². The highest BCUT2D eigenvalue weighted by molar-refractivity contribution is 5.78. The summed E-state index contributed by atoms with van der Waals surface area (Å²) in [6.45, 7) is 2.34. The SMILES string of the molecule is CC[C@@]1(CO)C[C@@H]2CC[C@H]1N2C(=O)CCc1ccncc1. The fraction of sp³-hybridized carbons (Fsp3) is 0.647. The number of fused-ring (bicyclic) bond motifs is 2. The first kappa shape index (κ1) is 14.5. The quantitative estimate of drug-likeness (QED) is 0.903. The number of hydrogen-bond acceptors (Lipinski definition) is 3. The number of pyridine rings is 1. The minimum absolute atomic E-state index is 0.0464. The highest BCUT2D eigenvalue weighted by Crippen LogP contribution is 2.51. The Bertz CT molecular complexity index is 499. The Balaban J connectivity index is 1.66. The normalized spacial score (nSPS) is 30.9. The predicted molar refractivity (Wildman–Crippen MR) is 80.6 cm³/mol. The molecule has 2 aliphatic rings. The Labute approximate surface area is 126 Å². The first-order chi connectivity index (χ1) is 10.2. The Morgan fingerprint density at radius 1 is 1.43 bits per heavy atom. The molecule has 3 heterocycles. The van der Waals surface area contributed by atoms with Crippen LogP contribution in [0.3, 0.4) is 0 Å². The lowest BCUT2D eigenvalue weighted by Gasteiger charge is -2.34. The summed E-state index contributed by atoms with van der Waals surface area (Å²) in [6, 6.07) is 4.54. The number of aliphatic hydroxyl groups excluding tert-OH is 1. The summed E-state index contributed by atoms with van der Waals surface area (Å²) in [7, 11) is 0. The second kappa shape index (κ2) is 5.76. The van der Waals surface area contributed by atoms with Crippen LogP contribution in [0.2, 0.25) is 0 Å². The summed E-state index contributed by atoms with van der Waals surface area (Å²) < 4.78 is 0. The maximum absolute atomic E-state index is 12.6. The zero-order chi connectivity index (χ0) is 14.9. The lowest BCUT2D eigenvalue weighted by atomic mass is 9.72. The topological polar surface area (TPSA) is 53.4 Å². The van der Waals surface area contributed by atoms with Crippen LogP contribution in [0, 0.1) is 5.41 Å². The van der Waals surface area contributed by atoms with Gasteiger partial charge in [0.2, 0.25) is 5.91 Å². The van der Waals surface area contributed by atoms with Crippen molar-refractivity contribution in [3.05, 3.63) is 30.1 Å². The van der Waals surface area contributed by atoms with E-state index in [2.05, 4.69) is 16.8 Å². The number of rotatable bonds is 5. The van der Waals surface area contributed by atoms with Crippen LogP contribution in [0.4, 0.5) is 0 Å². The van der Waals surface area contributed by atoms with Gasteiger partial charge in [0.25, 0.3) is 0 Å². The number of aliphatic hydroxyl groups is 1. The molecule has 3 rings (SSSR count). The molecule has 4 nitrogen and oxygen atoms in total. The molecule has 0 unspecified atom stereocenters. The third kappa shape index (κ3) is 2.46. The number of carbonyl (C=O) groups excluding carboxylic acids is 1. The smallest absolute Gasteiger partial charge is 0.223 e. The molecule has 0 aromatic carbocycles. The molecule has 0 saturated carbocycles. The van der Waals surface area contributed by atoms with E-state index in [1.54, 1.807) is 12.4 Å². The van der Waals surface area contributed by atoms with E-state index < -0.39 is 0 Å². The van der Waals surface area contributed by atoms with E-state index in [9.17, 15) is 9.90 Å². The molecule has 2 saturated heterocycles. The molecule has 21 heavy (non-hydrogen) atoms. The molecule has 1 aromatic rings. The van der Waals surface area contributed by atoms with E-state index in [-0.39, 0.29) is 24.0 Å².